The van der Waals surface area contributed by atoms with Crippen LogP contribution < -0.4 is 0 Å². The van der Waals surface area contributed by atoms with Crippen LogP contribution in [-0.2, 0) is 0 Å². The Morgan fingerprint density at radius 3 is 1.73 bits per heavy atom. The van der Waals surface area contributed by atoms with E-state index in [1.165, 1.54) is 110 Å². The summed E-state index contributed by atoms with van der Waals surface area (Å²) in [6.07, 6.45) is 0. The summed E-state index contributed by atoms with van der Waals surface area (Å²) in [7, 11) is 0. The minimum atomic E-state index is 1.18. The van der Waals surface area contributed by atoms with Gasteiger partial charge < -0.3 is 9.13 Å². The third-order valence-corrected chi connectivity index (χ3v) is 11.4. The molecule has 0 spiro atoms. The number of benzene rings is 9. The molecule has 0 saturated carbocycles. The third kappa shape index (κ3) is 3.73. The van der Waals surface area contributed by atoms with Gasteiger partial charge >= 0.3 is 0 Å². The van der Waals surface area contributed by atoms with E-state index < -0.39 is 0 Å². The first-order valence-corrected chi connectivity index (χ1v) is 18.0. The van der Waals surface area contributed by atoms with E-state index in [-0.39, 0.29) is 0 Å². The number of hydrogen-bond acceptors (Lipinski definition) is 0. The predicted molar refractivity (Wildman–Crippen MR) is 220 cm³/mol. The summed E-state index contributed by atoms with van der Waals surface area (Å²) >= 11 is 0. The van der Waals surface area contributed by atoms with E-state index in [2.05, 4.69) is 191 Å². The fraction of sp³-hybridized carbons (Fsp3) is 0. The van der Waals surface area contributed by atoms with E-state index in [0.717, 1.165) is 0 Å². The van der Waals surface area contributed by atoms with Gasteiger partial charge in [-0.1, -0.05) is 127 Å². The lowest BCUT2D eigenvalue weighted by Crippen LogP contribution is -1.95. The molecule has 2 aromatic heterocycles. The molecular weight excluding hydrogens is 629 g/mol. The lowest BCUT2D eigenvalue weighted by atomic mass is 10.00. The standard InChI is InChI=1S/C50H30N2/c1-2-13-35(14-3-1)51-46-20-9-8-18-40(46)43-28-32(22-25-47(43)51)33-23-26-48-44(29-33)42-24-21-31-11-4-5-15-37(31)50(42)52(48)36-27-34-12-10-19-41-38-16-6-7-17-39(38)45(30-36)49(34)41/h1-30H. The minimum Gasteiger partial charge on any atom is -0.309 e. The first-order valence-electron chi connectivity index (χ1n) is 18.0. The molecular formula is C50H30N2. The highest BCUT2D eigenvalue weighted by molar-refractivity contribution is 6.21. The molecule has 2 heterocycles. The predicted octanol–water partition coefficient (Wildman–Crippen LogP) is 13.5. The number of aromatic nitrogens is 2. The van der Waals surface area contributed by atoms with Crippen molar-refractivity contribution in [1.29, 1.82) is 0 Å². The zero-order chi connectivity index (χ0) is 33.9. The van der Waals surface area contributed by atoms with E-state index in [0.29, 0.717) is 0 Å². The second-order valence-corrected chi connectivity index (χ2v) is 14.1. The van der Waals surface area contributed by atoms with Gasteiger partial charge in [-0.05, 0) is 104 Å². The molecule has 0 fully saturated rings. The molecule has 1 aliphatic carbocycles. The number of rotatable bonds is 3. The molecule has 12 rings (SSSR count). The molecule has 52 heavy (non-hydrogen) atoms. The number of nitrogens with zero attached hydrogens (tertiary/aromatic N) is 2. The summed E-state index contributed by atoms with van der Waals surface area (Å²) in [5.74, 6) is 0. The Bertz CT molecular complexity index is 3290. The van der Waals surface area contributed by atoms with Gasteiger partial charge in [0.2, 0.25) is 0 Å². The van der Waals surface area contributed by atoms with Crippen LogP contribution in [0.1, 0.15) is 0 Å². The number of para-hydroxylation sites is 2. The van der Waals surface area contributed by atoms with Crippen molar-refractivity contribution in [3.63, 3.8) is 0 Å². The van der Waals surface area contributed by atoms with Crippen molar-refractivity contribution in [3.05, 3.63) is 182 Å². The third-order valence-electron chi connectivity index (χ3n) is 11.4. The lowest BCUT2D eigenvalue weighted by molar-refractivity contribution is 1.18. The molecule has 0 bridgehead atoms. The van der Waals surface area contributed by atoms with Crippen LogP contribution in [0.2, 0.25) is 0 Å². The Balaban J connectivity index is 1.12. The molecule has 240 valence electrons. The highest BCUT2D eigenvalue weighted by atomic mass is 15.0. The first-order chi connectivity index (χ1) is 25.8. The van der Waals surface area contributed by atoms with Gasteiger partial charge in [-0.2, -0.15) is 0 Å². The van der Waals surface area contributed by atoms with Gasteiger partial charge in [0.15, 0.2) is 0 Å². The van der Waals surface area contributed by atoms with E-state index in [1.807, 2.05) is 0 Å². The zero-order valence-corrected chi connectivity index (χ0v) is 28.2. The number of fused-ring (bicyclic) bond motifs is 11. The SMILES string of the molecule is c1ccc(-n2c3ccccc3c3cc(-c4ccc5c(c4)c4ccc6ccccc6c4n5-c4cc5c6c(cccc6c4)-c4ccccc4-5)ccc32)cc1. The summed E-state index contributed by atoms with van der Waals surface area (Å²) in [6, 6.07) is 67.3. The normalized spacial score (nSPS) is 12.2. The Morgan fingerprint density at radius 2 is 0.904 bits per heavy atom. The topological polar surface area (TPSA) is 9.86 Å². The summed E-state index contributed by atoms with van der Waals surface area (Å²) < 4.78 is 4.89. The molecule has 0 atom stereocenters. The van der Waals surface area contributed by atoms with Crippen molar-refractivity contribution in [3.8, 4) is 44.8 Å². The molecule has 0 aliphatic heterocycles. The van der Waals surface area contributed by atoms with Gasteiger partial charge in [0, 0.05) is 38.3 Å². The van der Waals surface area contributed by atoms with Gasteiger partial charge in [0.05, 0.1) is 22.1 Å². The van der Waals surface area contributed by atoms with Crippen LogP contribution in [-0.4, -0.2) is 9.13 Å². The summed E-state index contributed by atoms with van der Waals surface area (Å²) in [4.78, 5) is 0. The van der Waals surface area contributed by atoms with E-state index in [1.54, 1.807) is 0 Å². The zero-order valence-electron chi connectivity index (χ0n) is 28.2. The first kappa shape index (κ1) is 27.9. The molecule has 9 aromatic carbocycles. The maximum Gasteiger partial charge on any atom is 0.0619 e. The second-order valence-electron chi connectivity index (χ2n) is 14.1. The monoisotopic (exact) mass is 658 g/mol. The van der Waals surface area contributed by atoms with E-state index in [9.17, 15) is 0 Å². The van der Waals surface area contributed by atoms with E-state index >= 15 is 0 Å². The van der Waals surface area contributed by atoms with Crippen molar-refractivity contribution in [2.75, 3.05) is 0 Å². The van der Waals surface area contributed by atoms with Gasteiger partial charge in [-0.25, -0.2) is 0 Å². The van der Waals surface area contributed by atoms with Crippen molar-refractivity contribution in [2.24, 2.45) is 0 Å². The van der Waals surface area contributed by atoms with E-state index in [4.69, 9.17) is 0 Å². The lowest BCUT2D eigenvalue weighted by Gasteiger charge is -2.13. The Hall–Kier alpha value is -6.90. The molecule has 1 aliphatic rings. The quantitative estimate of drug-likeness (QED) is 0.179. The molecule has 0 amide bonds. The van der Waals surface area contributed by atoms with Crippen LogP contribution >= 0.6 is 0 Å². The maximum atomic E-state index is 2.51. The van der Waals surface area contributed by atoms with Crippen LogP contribution in [0.15, 0.2) is 182 Å². The highest BCUT2D eigenvalue weighted by Gasteiger charge is 2.24. The number of hydrogen-bond donors (Lipinski definition) is 0. The van der Waals surface area contributed by atoms with Gasteiger partial charge in [0.1, 0.15) is 0 Å². The molecule has 0 N–H and O–H groups in total. The van der Waals surface area contributed by atoms with Crippen LogP contribution in [0.25, 0.3) is 110 Å². The van der Waals surface area contributed by atoms with Crippen LogP contribution in [0.4, 0.5) is 0 Å². The molecule has 11 aromatic rings. The van der Waals surface area contributed by atoms with Gasteiger partial charge in [-0.3, -0.25) is 0 Å². The average molecular weight is 659 g/mol. The van der Waals surface area contributed by atoms with Gasteiger partial charge in [0.25, 0.3) is 0 Å². The maximum absolute atomic E-state index is 2.51. The Kier molecular flexibility index (Phi) is 5.53. The largest absolute Gasteiger partial charge is 0.309 e. The van der Waals surface area contributed by atoms with Crippen molar-refractivity contribution in [2.45, 2.75) is 0 Å². The van der Waals surface area contributed by atoms with Crippen LogP contribution in [0, 0.1) is 0 Å². The second kappa shape index (κ2) is 10.3. The van der Waals surface area contributed by atoms with Crippen LogP contribution in [0.3, 0.4) is 0 Å². The summed E-state index contributed by atoms with van der Waals surface area (Å²) in [5, 5.41) is 10.2. The smallest absolute Gasteiger partial charge is 0.0619 e. The molecule has 2 heteroatoms. The van der Waals surface area contributed by atoms with Gasteiger partial charge in [-0.15, -0.1) is 0 Å². The van der Waals surface area contributed by atoms with Crippen LogP contribution in [0.5, 0.6) is 0 Å². The van der Waals surface area contributed by atoms with Crippen molar-refractivity contribution in [1.82, 2.24) is 9.13 Å². The summed E-state index contributed by atoms with van der Waals surface area (Å²) in [5.41, 5.74) is 15.0. The summed E-state index contributed by atoms with van der Waals surface area (Å²) in [6.45, 7) is 0. The van der Waals surface area contributed by atoms with Crippen molar-refractivity contribution < 1.29 is 0 Å². The molecule has 0 radical (unpaired) electrons. The highest BCUT2D eigenvalue weighted by Crippen LogP contribution is 2.49. The van der Waals surface area contributed by atoms with Crippen molar-refractivity contribution >= 4 is 65.2 Å². The Labute approximate surface area is 300 Å². The average Bonchev–Trinajstić information content (AvgIpc) is 3.84. The molecule has 2 nitrogen and oxygen atoms in total. The minimum absolute atomic E-state index is 1.18. The molecule has 0 unspecified atom stereocenters. The molecule has 0 saturated heterocycles. The fourth-order valence-corrected chi connectivity index (χ4v) is 9.17. The fourth-order valence-electron chi connectivity index (χ4n) is 9.17. The Morgan fingerprint density at radius 1 is 0.288 bits per heavy atom.